The molecular formula is C12H15BrN2O3. The number of hydrogen-bond donors (Lipinski definition) is 2. The van der Waals surface area contributed by atoms with E-state index >= 15 is 0 Å². The minimum atomic E-state index is -0.450. The van der Waals surface area contributed by atoms with Gasteiger partial charge < -0.3 is 15.4 Å². The highest BCUT2D eigenvalue weighted by atomic mass is 79.9. The van der Waals surface area contributed by atoms with Crippen LogP contribution >= 0.6 is 15.9 Å². The molecule has 0 radical (unpaired) electrons. The predicted molar refractivity (Wildman–Crippen MR) is 71.0 cm³/mol. The van der Waals surface area contributed by atoms with Crippen molar-refractivity contribution in [1.82, 2.24) is 10.6 Å². The third kappa shape index (κ3) is 5.18. The molecule has 5 nitrogen and oxygen atoms in total. The monoisotopic (exact) mass is 314 g/mol. The van der Waals surface area contributed by atoms with Gasteiger partial charge in [0.05, 0.1) is 6.61 Å². The Kier molecular flexibility index (Phi) is 6.21. The van der Waals surface area contributed by atoms with Crippen molar-refractivity contribution in [3.8, 4) is 0 Å². The second-order valence-corrected chi connectivity index (χ2v) is 4.29. The van der Waals surface area contributed by atoms with Crippen LogP contribution in [-0.4, -0.2) is 25.2 Å². The van der Waals surface area contributed by atoms with Crippen molar-refractivity contribution in [3.63, 3.8) is 0 Å². The molecule has 0 atom stereocenters. The van der Waals surface area contributed by atoms with Crippen LogP contribution < -0.4 is 10.6 Å². The van der Waals surface area contributed by atoms with Crippen LogP contribution in [0.3, 0.4) is 0 Å². The van der Waals surface area contributed by atoms with E-state index in [2.05, 4.69) is 31.3 Å². The number of halogens is 1. The van der Waals surface area contributed by atoms with Crippen molar-refractivity contribution in [1.29, 1.82) is 0 Å². The lowest BCUT2D eigenvalue weighted by Gasteiger charge is -2.08. The number of carbonyl (C=O) groups excluding carboxylic acids is 2. The first-order valence-corrected chi connectivity index (χ1v) is 6.33. The molecule has 0 saturated carbocycles. The molecule has 0 aromatic heterocycles. The summed E-state index contributed by atoms with van der Waals surface area (Å²) in [5, 5.41) is 5.07. The summed E-state index contributed by atoms with van der Waals surface area (Å²) < 4.78 is 5.61. The third-order valence-electron chi connectivity index (χ3n) is 2.10. The molecular weight excluding hydrogens is 300 g/mol. The van der Waals surface area contributed by atoms with Crippen LogP contribution in [0.5, 0.6) is 0 Å². The standard InChI is InChI=1S/C12H15BrN2O3/c1-2-18-11(16)8-15-12(17)14-7-9-5-3-4-6-10(9)13/h3-6H,2,7-8H2,1H3,(H2,14,15,17). The molecule has 0 aliphatic heterocycles. The van der Waals surface area contributed by atoms with Gasteiger partial charge in [0.25, 0.3) is 0 Å². The van der Waals surface area contributed by atoms with E-state index in [1.165, 1.54) is 0 Å². The Balaban J connectivity index is 2.29. The Labute approximate surface area is 114 Å². The molecule has 0 unspecified atom stereocenters. The van der Waals surface area contributed by atoms with E-state index in [4.69, 9.17) is 0 Å². The first-order chi connectivity index (χ1) is 8.63. The van der Waals surface area contributed by atoms with Gasteiger partial charge in [0.15, 0.2) is 0 Å². The number of benzene rings is 1. The van der Waals surface area contributed by atoms with E-state index in [0.29, 0.717) is 13.2 Å². The predicted octanol–water partition coefficient (Wildman–Crippen LogP) is 1.81. The minimum absolute atomic E-state index is 0.129. The first-order valence-electron chi connectivity index (χ1n) is 5.54. The van der Waals surface area contributed by atoms with Gasteiger partial charge in [-0.05, 0) is 18.6 Å². The van der Waals surface area contributed by atoms with Gasteiger partial charge in [-0.2, -0.15) is 0 Å². The molecule has 0 saturated heterocycles. The second-order valence-electron chi connectivity index (χ2n) is 3.43. The molecule has 6 heteroatoms. The Morgan fingerprint density at radius 1 is 1.28 bits per heavy atom. The van der Waals surface area contributed by atoms with Crippen molar-refractivity contribution < 1.29 is 14.3 Å². The Morgan fingerprint density at radius 2 is 2.00 bits per heavy atom. The summed E-state index contributed by atoms with van der Waals surface area (Å²) in [7, 11) is 0. The van der Waals surface area contributed by atoms with Crippen LogP contribution in [-0.2, 0) is 16.1 Å². The van der Waals surface area contributed by atoms with Crippen LogP contribution in [0.2, 0.25) is 0 Å². The molecule has 1 rings (SSSR count). The molecule has 0 bridgehead atoms. The van der Waals surface area contributed by atoms with Crippen molar-refractivity contribution in [2.45, 2.75) is 13.5 Å². The number of carbonyl (C=O) groups is 2. The molecule has 2 N–H and O–H groups in total. The Morgan fingerprint density at radius 3 is 2.67 bits per heavy atom. The van der Waals surface area contributed by atoms with Crippen molar-refractivity contribution >= 4 is 27.9 Å². The quantitative estimate of drug-likeness (QED) is 0.815. The van der Waals surface area contributed by atoms with E-state index in [9.17, 15) is 9.59 Å². The number of amides is 2. The van der Waals surface area contributed by atoms with Gasteiger partial charge in [-0.3, -0.25) is 4.79 Å². The molecule has 0 heterocycles. The van der Waals surface area contributed by atoms with Crippen molar-refractivity contribution in [2.24, 2.45) is 0 Å². The zero-order valence-corrected chi connectivity index (χ0v) is 11.6. The number of ether oxygens (including phenoxy) is 1. The van der Waals surface area contributed by atoms with Gasteiger partial charge in [-0.1, -0.05) is 34.1 Å². The Hall–Kier alpha value is -1.56. The minimum Gasteiger partial charge on any atom is -0.465 e. The number of hydrogen-bond acceptors (Lipinski definition) is 3. The van der Waals surface area contributed by atoms with Crippen LogP contribution in [0.4, 0.5) is 4.79 Å². The van der Waals surface area contributed by atoms with Crippen LogP contribution in [0.1, 0.15) is 12.5 Å². The number of urea groups is 1. The number of rotatable bonds is 5. The molecule has 1 aromatic rings. The van der Waals surface area contributed by atoms with Crippen LogP contribution in [0, 0.1) is 0 Å². The maximum absolute atomic E-state index is 11.4. The fourth-order valence-corrected chi connectivity index (χ4v) is 1.67. The second kappa shape index (κ2) is 7.71. The maximum atomic E-state index is 11.4. The smallest absolute Gasteiger partial charge is 0.325 e. The fraction of sp³-hybridized carbons (Fsp3) is 0.333. The topological polar surface area (TPSA) is 67.4 Å². The van der Waals surface area contributed by atoms with Crippen LogP contribution in [0.15, 0.2) is 28.7 Å². The van der Waals surface area contributed by atoms with E-state index in [-0.39, 0.29) is 6.54 Å². The highest BCUT2D eigenvalue weighted by Gasteiger charge is 2.06. The molecule has 18 heavy (non-hydrogen) atoms. The van der Waals surface area contributed by atoms with E-state index < -0.39 is 12.0 Å². The molecule has 2 amide bonds. The van der Waals surface area contributed by atoms with Crippen LogP contribution in [0.25, 0.3) is 0 Å². The summed E-state index contributed by atoms with van der Waals surface area (Å²) in [6.45, 7) is 2.27. The summed E-state index contributed by atoms with van der Waals surface area (Å²) in [6, 6.07) is 7.18. The van der Waals surface area contributed by atoms with Gasteiger partial charge in [-0.25, -0.2) is 4.79 Å². The van der Waals surface area contributed by atoms with Gasteiger partial charge in [0.2, 0.25) is 0 Å². The van der Waals surface area contributed by atoms with E-state index in [1.807, 2.05) is 24.3 Å². The van der Waals surface area contributed by atoms with Gasteiger partial charge in [0.1, 0.15) is 6.54 Å². The lowest BCUT2D eigenvalue weighted by molar-refractivity contribution is -0.141. The first kappa shape index (κ1) is 14.5. The highest BCUT2D eigenvalue weighted by molar-refractivity contribution is 9.10. The molecule has 0 spiro atoms. The lowest BCUT2D eigenvalue weighted by Crippen LogP contribution is -2.38. The molecule has 0 fully saturated rings. The van der Waals surface area contributed by atoms with E-state index in [0.717, 1.165) is 10.0 Å². The molecule has 98 valence electrons. The van der Waals surface area contributed by atoms with Gasteiger partial charge >= 0.3 is 12.0 Å². The highest BCUT2D eigenvalue weighted by Crippen LogP contribution is 2.14. The Bertz CT molecular complexity index is 424. The normalized spacial score (nSPS) is 9.67. The summed E-state index contributed by atoms with van der Waals surface area (Å²) in [5.41, 5.74) is 0.962. The summed E-state index contributed by atoms with van der Waals surface area (Å²) >= 11 is 3.38. The average molecular weight is 315 g/mol. The summed E-state index contributed by atoms with van der Waals surface area (Å²) in [6.07, 6.45) is 0. The van der Waals surface area contributed by atoms with E-state index in [1.54, 1.807) is 6.92 Å². The molecule has 0 aliphatic carbocycles. The van der Waals surface area contributed by atoms with Crippen molar-refractivity contribution in [3.05, 3.63) is 34.3 Å². The zero-order valence-electron chi connectivity index (χ0n) is 10.0. The molecule has 0 aliphatic rings. The number of esters is 1. The fourth-order valence-electron chi connectivity index (χ4n) is 1.24. The average Bonchev–Trinajstić information content (AvgIpc) is 2.36. The zero-order chi connectivity index (χ0) is 13.4. The maximum Gasteiger partial charge on any atom is 0.325 e. The van der Waals surface area contributed by atoms with Crippen molar-refractivity contribution in [2.75, 3.05) is 13.2 Å². The lowest BCUT2D eigenvalue weighted by atomic mass is 10.2. The molecule has 1 aromatic carbocycles. The third-order valence-corrected chi connectivity index (χ3v) is 2.87. The summed E-state index contributed by atoms with van der Waals surface area (Å²) in [5.74, 6) is -0.450. The van der Waals surface area contributed by atoms with Gasteiger partial charge in [0, 0.05) is 11.0 Å². The largest absolute Gasteiger partial charge is 0.465 e. The SMILES string of the molecule is CCOC(=O)CNC(=O)NCc1ccccc1Br. The summed E-state index contributed by atoms with van der Waals surface area (Å²) in [4.78, 5) is 22.4. The number of nitrogens with one attached hydrogen (secondary N) is 2. The van der Waals surface area contributed by atoms with Gasteiger partial charge in [-0.15, -0.1) is 0 Å².